The summed E-state index contributed by atoms with van der Waals surface area (Å²) in [6, 6.07) is -0.133. The molecule has 0 fully saturated rings. The molecule has 0 rings (SSSR count). The number of ether oxygens (including phenoxy) is 1. The predicted molar refractivity (Wildman–Crippen MR) is 77.6 cm³/mol. The summed E-state index contributed by atoms with van der Waals surface area (Å²) in [5.41, 5.74) is 6.11. The second-order valence-electron chi connectivity index (χ2n) is 6.36. The van der Waals surface area contributed by atoms with Gasteiger partial charge in [0, 0.05) is 12.6 Å². The molecule has 0 radical (unpaired) electrons. The Morgan fingerprint density at radius 1 is 1.22 bits per heavy atom. The molecule has 0 saturated carbocycles. The Kier molecular flexibility index (Phi) is 8.83. The van der Waals surface area contributed by atoms with E-state index in [1.807, 2.05) is 0 Å². The molecule has 0 bridgehead atoms. The number of hydrogen-bond donors (Lipinski definition) is 2. The monoisotopic (exact) mass is 259 g/mol. The SMILES string of the molecule is CCCCC(CC)COC(CO)C(N)C(C)(C)C. The second-order valence-corrected chi connectivity index (χ2v) is 6.36. The summed E-state index contributed by atoms with van der Waals surface area (Å²) in [4.78, 5) is 0. The van der Waals surface area contributed by atoms with E-state index in [0.717, 1.165) is 6.42 Å². The molecule has 0 aromatic heterocycles. The van der Waals surface area contributed by atoms with E-state index in [1.165, 1.54) is 19.3 Å². The van der Waals surface area contributed by atoms with Crippen LogP contribution in [-0.2, 0) is 4.74 Å². The molecule has 3 unspecified atom stereocenters. The summed E-state index contributed by atoms with van der Waals surface area (Å²) in [6.45, 7) is 11.4. The quantitative estimate of drug-likeness (QED) is 0.669. The Hall–Kier alpha value is -0.120. The topological polar surface area (TPSA) is 55.5 Å². The van der Waals surface area contributed by atoms with E-state index >= 15 is 0 Å². The lowest BCUT2D eigenvalue weighted by Gasteiger charge is -2.33. The van der Waals surface area contributed by atoms with Crippen molar-refractivity contribution in [3.8, 4) is 0 Å². The second kappa shape index (κ2) is 8.89. The van der Waals surface area contributed by atoms with Crippen LogP contribution in [0, 0.1) is 11.3 Å². The lowest BCUT2D eigenvalue weighted by molar-refractivity contribution is -0.0395. The van der Waals surface area contributed by atoms with Gasteiger partial charge in [-0.1, -0.05) is 53.9 Å². The molecule has 3 atom stereocenters. The largest absolute Gasteiger partial charge is 0.394 e. The molecule has 0 aromatic rings. The van der Waals surface area contributed by atoms with Crippen molar-refractivity contribution in [2.24, 2.45) is 17.1 Å². The number of unbranched alkanes of at least 4 members (excludes halogenated alkanes) is 1. The van der Waals surface area contributed by atoms with Crippen LogP contribution in [-0.4, -0.2) is 30.5 Å². The van der Waals surface area contributed by atoms with E-state index in [4.69, 9.17) is 10.5 Å². The van der Waals surface area contributed by atoms with Gasteiger partial charge in [-0.05, 0) is 17.8 Å². The van der Waals surface area contributed by atoms with E-state index in [0.29, 0.717) is 12.5 Å². The first-order chi connectivity index (χ1) is 8.36. The summed E-state index contributed by atoms with van der Waals surface area (Å²) in [7, 11) is 0. The van der Waals surface area contributed by atoms with Crippen molar-refractivity contribution in [3.63, 3.8) is 0 Å². The van der Waals surface area contributed by atoms with Crippen LogP contribution in [0.1, 0.15) is 60.3 Å². The number of rotatable bonds is 9. The maximum Gasteiger partial charge on any atom is 0.0961 e. The third-order valence-electron chi connectivity index (χ3n) is 3.67. The molecule has 3 heteroatoms. The normalized spacial score (nSPS) is 17.5. The van der Waals surface area contributed by atoms with Gasteiger partial charge in [0.2, 0.25) is 0 Å². The van der Waals surface area contributed by atoms with Crippen LogP contribution in [0.25, 0.3) is 0 Å². The lowest BCUT2D eigenvalue weighted by atomic mass is 9.84. The molecule has 3 nitrogen and oxygen atoms in total. The van der Waals surface area contributed by atoms with Gasteiger partial charge in [0.05, 0.1) is 12.7 Å². The number of nitrogens with two attached hydrogens (primary N) is 1. The van der Waals surface area contributed by atoms with Gasteiger partial charge < -0.3 is 15.6 Å². The molecule has 0 aliphatic heterocycles. The third kappa shape index (κ3) is 6.72. The Balaban J connectivity index is 4.20. The maximum atomic E-state index is 9.42. The van der Waals surface area contributed by atoms with Crippen LogP contribution in [0.15, 0.2) is 0 Å². The first-order valence-corrected chi connectivity index (χ1v) is 7.34. The summed E-state index contributed by atoms with van der Waals surface area (Å²) in [5, 5.41) is 9.42. The number of hydrogen-bond acceptors (Lipinski definition) is 3. The Labute approximate surface area is 113 Å². The Morgan fingerprint density at radius 2 is 1.83 bits per heavy atom. The molecule has 0 aliphatic carbocycles. The minimum absolute atomic E-state index is 0.00263. The van der Waals surface area contributed by atoms with E-state index in [2.05, 4.69) is 34.6 Å². The average molecular weight is 259 g/mol. The summed E-state index contributed by atoms with van der Waals surface area (Å²) >= 11 is 0. The summed E-state index contributed by atoms with van der Waals surface area (Å²) < 4.78 is 5.85. The van der Waals surface area contributed by atoms with Crippen LogP contribution >= 0.6 is 0 Å². The summed E-state index contributed by atoms with van der Waals surface area (Å²) in [6.07, 6.45) is 4.55. The molecular formula is C15H33NO2. The van der Waals surface area contributed by atoms with Crippen molar-refractivity contribution in [3.05, 3.63) is 0 Å². The fraction of sp³-hybridized carbons (Fsp3) is 1.00. The molecule has 110 valence electrons. The zero-order valence-electron chi connectivity index (χ0n) is 12.9. The van der Waals surface area contributed by atoms with Crippen LogP contribution < -0.4 is 5.73 Å². The van der Waals surface area contributed by atoms with Gasteiger partial charge in [0.25, 0.3) is 0 Å². The van der Waals surface area contributed by atoms with Crippen molar-refractivity contribution in [2.75, 3.05) is 13.2 Å². The molecule has 0 saturated heterocycles. The predicted octanol–water partition coefficient (Wildman–Crippen LogP) is 2.95. The van der Waals surface area contributed by atoms with Crippen molar-refractivity contribution >= 4 is 0 Å². The van der Waals surface area contributed by atoms with Crippen LogP contribution in [0.2, 0.25) is 0 Å². The molecule has 0 aliphatic rings. The molecule has 3 N–H and O–H groups in total. The van der Waals surface area contributed by atoms with E-state index in [1.54, 1.807) is 0 Å². The minimum Gasteiger partial charge on any atom is -0.394 e. The van der Waals surface area contributed by atoms with Crippen LogP contribution in [0.5, 0.6) is 0 Å². The van der Waals surface area contributed by atoms with E-state index in [-0.39, 0.29) is 24.2 Å². The molecule has 0 aromatic carbocycles. The molecule has 0 heterocycles. The van der Waals surface area contributed by atoms with Gasteiger partial charge in [0.1, 0.15) is 0 Å². The molecular weight excluding hydrogens is 226 g/mol. The highest BCUT2D eigenvalue weighted by Crippen LogP contribution is 2.22. The summed E-state index contributed by atoms with van der Waals surface area (Å²) in [5.74, 6) is 0.589. The first kappa shape index (κ1) is 17.9. The highest BCUT2D eigenvalue weighted by Gasteiger charge is 2.29. The lowest BCUT2D eigenvalue weighted by Crippen LogP contribution is -2.48. The molecule has 18 heavy (non-hydrogen) atoms. The van der Waals surface area contributed by atoms with Gasteiger partial charge in [-0.25, -0.2) is 0 Å². The fourth-order valence-corrected chi connectivity index (χ4v) is 1.99. The Bertz CT molecular complexity index is 201. The van der Waals surface area contributed by atoms with Crippen LogP contribution in [0.3, 0.4) is 0 Å². The van der Waals surface area contributed by atoms with Crippen LogP contribution in [0.4, 0.5) is 0 Å². The van der Waals surface area contributed by atoms with Gasteiger partial charge >= 0.3 is 0 Å². The van der Waals surface area contributed by atoms with Crippen molar-refractivity contribution in [1.82, 2.24) is 0 Å². The standard InChI is InChI=1S/C15H33NO2/c1-6-8-9-12(7-2)11-18-13(10-17)14(16)15(3,4)5/h12-14,17H,6-11,16H2,1-5H3. The Morgan fingerprint density at radius 3 is 2.22 bits per heavy atom. The van der Waals surface area contributed by atoms with Gasteiger partial charge in [-0.3, -0.25) is 0 Å². The third-order valence-corrected chi connectivity index (χ3v) is 3.67. The molecule has 0 spiro atoms. The smallest absolute Gasteiger partial charge is 0.0961 e. The highest BCUT2D eigenvalue weighted by molar-refractivity contribution is 4.84. The van der Waals surface area contributed by atoms with E-state index in [9.17, 15) is 5.11 Å². The fourth-order valence-electron chi connectivity index (χ4n) is 1.99. The van der Waals surface area contributed by atoms with Gasteiger partial charge in [0.15, 0.2) is 0 Å². The molecule has 0 amide bonds. The average Bonchev–Trinajstić information content (AvgIpc) is 2.32. The van der Waals surface area contributed by atoms with Crippen molar-refractivity contribution in [1.29, 1.82) is 0 Å². The highest BCUT2D eigenvalue weighted by atomic mass is 16.5. The zero-order valence-corrected chi connectivity index (χ0v) is 12.9. The first-order valence-electron chi connectivity index (χ1n) is 7.34. The minimum atomic E-state index is -0.249. The maximum absolute atomic E-state index is 9.42. The van der Waals surface area contributed by atoms with Gasteiger partial charge in [-0.2, -0.15) is 0 Å². The zero-order chi connectivity index (χ0) is 14.2. The van der Waals surface area contributed by atoms with Crippen molar-refractivity contribution < 1.29 is 9.84 Å². The number of aliphatic hydroxyl groups is 1. The van der Waals surface area contributed by atoms with E-state index < -0.39 is 0 Å². The van der Waals surface area contributed by atoms with Crippen molar-refractivity contribution in [2.45, 2.75) is 72.4 Å². The number of aliphatic hydroxyl groups excluding tert-OH is 1. The van der Waals surface area contributed by atoms with Gasteiger partial charge in [-0.15, -0.1) is 0 Å².